The summed E-state index contributed by atoms with van der Waals surface area (Å²) >= 11 is 6.10. The second kappa shape index (κ2) is 9.62. The summed E-state index contributed by atoms with van der Waals surface area (Å²) < 4.78 is 11.8. The number of ether oxygens (including phenoxy) is 2. The van der Waals surface area contributed by atoms with E-state index in [4.69, 9.17) is 21.1 Å². The third-order valence-corrected chi connectivity index (χ3v) is 4.70. The number of carbonyl (C=O) groups excluding carboxylic acids is 1. The van der Waals surface area contributed by atoms with Gasteiger partial charge in [0.2, 0.25) is 5.91 Å². The van der Waals surface area contributed by atoms with E-state index in [0.29, 0.717) is 30.3 Å². The van der Waals surface area contributed by atoms with E-state index in [1.54, 1.807) is 12.1 Å². The van der Waals surface area contributed by atoms with Crippen LogP contribution in [0, 0.1) is 0 Å². The predicted molar refractivity (Wildman–Crippen MR) is 108 cm³/mol. The summed E-state index contributed by atoms with van der Waals surface area (Å²) in [6.07, 6.45) is 1.36. The molecule has 1 aliphatic heterocycles. The molecule has 0 radical (unpaired) electrons. The zero-order valence-electron chi connectivity index (χ0n) is 15.5. The Morgan fingerprint density at radius 1 is 1.15 bits per heavy atom. The molecular formula is C21H25ClN2O3. The second-order valence-electron chi connectivity index (χ2n) is 6.58. The van der Waals surface area contributed by atoms with Crippen LogP contribution >= 0.6 is 11.6 Å². The molecule has 0 fully saturated rings. The summed E-state index contributed by atoms with van der Waals surface area (Å²) in [7, 11) is 0. The highest BCUT2D eigenvalue weighted by atomic mass is 35.5. The highest BCUT2D eigenvalue weighted by Crippen LogP contribution is 2.31. The molecule has 1 atom stereocenters. The Labute approximate surface area is 165 Å². The van der Waals surface area contributed by atoms with E-state index < -0.39 is 0 Å². The first-order chi connectivity index (χ1) is 13.2. The Morgan fingerprint density at radius 3 is 2.67 bits per heavy atom. The monoisotopic (exact) mass is 388 g/mol. The second-order valence-corrected chi connectivity index (χ2v) is 6.98. The van der Waals surface area contributed by atoms with E-state index in [1.807, 2.05) is 36.4 Å². The van der Waals surface area contributed by atoms with Crippen LogP contribution in [-0.4, -0.2) is 43.2 Å². The molecule has 2 aromatic carbocycles. The molecule has 0 spiro atoms. The number of amides is 1. The van der Waals surface area contributed by atoms with Crippen LogP contribution in [0.15, 0.2) is 48.5 Å². The van der Waals surface area contributed by atoms with Gasteiger partial charge in [-0.3, -0.25) is 9.69 Å². The maximum atomic E-state index is 12.3. The van der Waals surface area contributed by atoms with Gasteiger partial charge in [0.05, 0.1) is 10.7 Å². The lowest BCUT2D eigenvalue weighted by Crippen LogP contribution is -2.42. The number of anilines is 1. The highest BCUT2D eigenvalue weighted by Gasteiger charge is 2.23. The Balaban J connectivity index is 1.50. The molecule has 27 heavy (non-hydrogen) atoms. The van der Waals surface area contributed by atoms with E-state index in [9.17, 15) is 4.79 Å². The number of para-hydroxylation sites is 3. The van der Waals surface area contributed by atoms with E-state index in [0.717, 1.165) is 31.0 Å². The third kappa shape index (κ3) is 5.62. The molecule has 3 rings (SSSR count). The van der Waals surface area contributed by atoms with Gasteiger partial charge in [-0.05, 0) is 37.2 Å². The van der Waals surface area contributed by atoms with Crippen molar-refractivity contribution < 1.29 is 14.3 Å². The van der Waals surface area contributed by atoms with Crippen molar-refractivity contribution in [3.63, 3.8) is 0 Å². The number of rotatable bonds is 8. The SMILES string of the molecule is CCCN(CCC(=O)Nc1ccccc1Cl)CC1COc2ccccc2O1. The molecule has 0 aliphatic carbocycles. The van der Waals surface area contributed by atoms with Gasteiger partial charge in [-0.2, -0.15) is 0 Å². The van der Waals surface area contributed by atoms with Gasteiger partial charge < -0.3 is 14.8 Å². The van der Waals surface area contributed by atoms with Crippen LogP contribution in [0.1, 0.15) is 19.8 Å². The van der Waals surface area contributed by atoms with Crippen molar-refractivity contribution in [1.29, 1.82) is 0 Å². The van der Waals surface area contributed by atoms with Crippen LogP contribution in [0.5, 0.6) is 11.5 Å². The molecule has 0 saturated heterocycles. The summed E-state index contributed by atoms with van der Waals surface area (Å²) in [6.45, 7) is 4.93. The van der Waals surface area contributed by atoms with Crippen molar-refractivity contribution >= 4 is 23.2 Å². The predicted octanol–water partition coefficient (Wildman–Crippen LogP) is 4.22. The third-order valence-electron chi connectivity index (χ3n) is 4.37. The van der Waals surface area contributed by atoms with Gasteiger partial charge in [0.25, 0.3) is 0 Å². The number of hydrogen-bond acceptors (Lipinski definition) is 4. The van der Waals surface area contributed by atoms with E-state index in [-0.39, 0.29) is 12.0 Å². The number of carbonyl (C=O) groups is 1. The van der Waals surface area contributed by atoms with Crippen LogP contribution < -0.4 is 14.8 Å². The normalized spacial score (nSPS) is 15.6. The molecule has 1 amide bonds. The lowest BCUT2D eigenvalue weighted by Gasteiger charge is -2.31. The van der Waals surface area contributed by atoms with Crippen molar-refractivity contribution in [1.82, 2.24) is 4.90 Å². The number of hydrogen-bond donors (Lipinski definition) is 1. The molecule has 6 heteroatoms. The summed E-state index contributed by atoms with van der Waals surface area (Å²) in [5, 5.41) is 3.41. The van der Waals surface area contributed by atoms with Crippen LogP contribution in [0.4, 0.5) is 5.69 Å². The number of fused-ring (bicyclic) bond motifs is 1. The molecular weight excluding hydrogens is 364 g/mol. The maximum Gasteiger partial charge on any atom is 0.225 e. The van der Waals surface area contributed by atoms with Gasteiger partial charge in [-0.1, -0.05) is 42.8 Å². The highest BCUT2D eigenvalue weighted by molar-refractivity contribution is 6.33. The zero-order valence-corrected chi connectivity index (χ0v) is 16.2. The van der Waals surface area contributed by atoms with Gasteiger partial charge in [-0.15, -0.1) is 0 Å². The molecule has 1 N–H and O–H groups in total. The van der Waals surface area contributed by atoms with Crippen LogP contribution in [0.3, 0.4) is 0 Å². The van der Waals surface area contributed by atoms with Crippen LogP contribution in [0.25, 0.3) is 0 Å². The first-order valence-corrected chi connectivity index (χ1v) is 9.68. The molecule has 5 nitrogen and oxygen atoms in total. The Bertz CT molecular complexity index is 769. The van der Waals surface area contributed by atoms with Crippen molar-refractivity contribution in [3.05, 3.63) is 53.6 Å². The van der Waals surface area contributed by atoms with Crippen molar-refractivity contribution in [2.45, 2.75) is 25.9 Å². The molecule has 0 saturated carbocycles. The van der Waals surface area contributed by atoms with E-state index in [1.165, 1.54) is 0 Å². The minimum Gasteiger partial charge on any atom is -0.486 e. The van der Waals surface area contributed by atoms with Gasteiger partial charge in [0.15, 0.2) is 11.5 Å². The topological polar surface area (TPSA) is 50.8 Å². The first-order valence-electron chi connectivity index (χ1n) is 9.31. The minimum absolute atomic E-state index is 0.0434. The fourth-order valence-corrected chi connectivity index (χ4v) is 3.27. The number of nitrogens with zero attached hydrogens (tertiary/aromatic N) is 1. The fourth-order valence-electron chi connectivity index (χ4n) is 3.09. The van der Waals surface area contributed by atoms with Crippen LogP contribution in [0.2, 0.25) is 5.02 Å². The van der Waals surface area contributed by atoms with E-state index >= 15 is 0 Å². The molecule has 2 aromatic rings. The van der Waals surface area contributed by atoms with Gasteiger partial charge in [0.1, 0.15) is 12.7 Å². The fraction of sp³-hybridized carbons (Fsp3) is 0.381. The zero-order chi connectivity index (χ0) is 19.1. The standard InChI is InChI=1S/C21H25ClN2O3/c1-2-12-24(13-11-21(25)23-18-8-4-3-7-17(18)22)14-16-15-26-19-9-5-6-10-20(19)27-16/h3-10,16H,2,11-15H2,1H3,(H,23,25). The first kappa shape index (κ1) is 19.5. The summed E-state index contributed by atoms with van der Waals surface area (Å²) in [5.41, 5.74) is 0.645. The van der Waals surface area contributed by atoms with Gasteiger partial charge in [0, 0.05) is 19.5 Å². The molecule has 0 aromatic heterocycles. The quantitative estimate of drug-likeness (QED) is 0.735. The summed E-state index contributed by atoms with van der Waals surface area (Å²) in [6, 6.07) is 15.0. The average Bonchev–Trinajstić information content (AvgIpc) is 2.68. The van der Waals surface area contributed by atoms with Crippen LogP contribution in [-0.2, 0) is 4.79 Å². The van der Waals surface area contributed by atoms with Crippen molar-refractivity contribution in [3.8, 4) is 11.5 Å². The molecule has 1 heterocycles. The van der Waals surface area contributed by atoms with Crippen molar-refractivity contribution in [2.24, 2.45) is 0 Å². The number of halogens is 1. The van der Waals surface area contributed by atoms with Gasteiger partial charge in [-0.25, -0.2) is 0 Å². The average molecular weight is 389 g/mol. The number of nitrogens with one attached hydrogen (secondary N) is 1. The lowest BCUT2D eigenvalue weighted by atomic mass is 10.2. The Kier molecular flexibility index (Phi) is 6.96. The minimum atomic E-state index is -0.0460. The molecule has 144 valence electrons. The smallest absolute Gasteiger partial charge is 0.225 e. The summed E-state index contributed by atoms with van der Waals surface area (Å²) in [5.74, 6) is 1.52. The van der Waals surface area contributed by atoms with Gasteiger partial charge >= 0.3 is 0 Å². The maximum absolute atomic E-state index is 12.3. The molecule has 0 bridgehead atoms. The Hall–Kier alpha value is -2.24. The number of benzene rings is 2. The van der Waals surface area contributed by atoms with E-state index in [2.05, 4.69) is 17.1 Å². The van der Waals surface area contributed by atoms with Crippen molar-refractivity contribution in [2.75, 3.05) is 31.6 Å². The molecule has 1 unspecified atom stereocenters. The molecule has 1 aliphatic rings. The summed E-state index contributed by atoms with van der Waals surface area (Å²) in [4.78, 5) is 14.5. The lowest BCUT2D eigenvalue weighted by molar-refractivity contribution is -0.116. The Morgan fingerprint density at radius 2 is 1.89 bits per heavy atom. The largest absolute Gasteiger partial charge is 0.486 e.